The van der Waals surface area contributed by atoms with Gasteiger partial charge in [0.1, 0.15) is 0 Å². The smallest absolute Gasteiger partial charge is 0.240 e. The molecule has 0 aliphatic carbocycles. The molecule has 2 heterocycles. The highest BCUT2D eigenvalue weighted by atomic mass is 35.5. The van der Waals surface area contributed by atoms with Crippen molar-refractivity contribution in [2.24, 2.45) is 0 Å². The van der Waals surface area contributed by atoms with E-state index in [1.165, 1.54) is 12.1 Å². The van der Waals surface area contributed by atoms with Gasteiger partial charge in [0.25, 0.3) is 0 Å². The molecule has 1 fully saturated rings. The number of aliphatic hydroxyl groups is 1. The molecule has 7 nitrogen and oxygen atoms in total. The van der Waals surface area contributed by atoms with Crippen LogP contribution in [0.5, 0.6) is 11.5 Å². The fourth-order valence-corrected chi connectivity index (χ4v) is 5.80. The lowest BCUT2D eigenvalue weighted by molar-refractivity contribution is -0.0244. The summed E-state index contributed by atoms with van der Waals surface area (Å²) >= 11 is 12.4. The van der Waals surface area contributed by atoms with Crippen molar-refractivity contribution in [1.29, 1.82) is 0 Å². The maximum atomic E-state index is 13.0. The number of nitrogens with one attached hydrogen (secondary N) is 1. The molecule has 34 heavy (non-hydrogen) atoms. The topological polar surface area (TPSA) is 88.1 Å². The summed E-state index contributed by atoms with van der Waals surface area (Å²) in [5.41, 5.74) is 2.30. The number of hydrogen-bond donors (Lipinski definition) is 2. The fourth-order valence-electron chi connectivity index (χ4n) is 4.24. The monoisotopic (exact) mass is 520 g/mol. The van der Waals surface area contributed by atoms with Crippen molar-refractivity contribution < 1.29 is 23.0 Å². The minimum absolute atomic E-state index is 0.0358. The van der Waals surface area contributed by atoms with Gasteiger partial charge in [-0.25, -0.2) is 13.1 Å². The third-order valence-electron chi connectivity index (χ3n) is 5.94. The highest BCUT2D eigenvalue weighted by molar-refractivity contribution is 7.89. The number of aryl methyl sites for hydroxylation is 1. The highest BCUT2D eigenvalue weighted by Gasteiger charge is 2.42. The van der Waals surface area contributed by atoms with Crippen molar-refractivity contribution in [3.05, 3.63) is 76.3 Å². The predicted molar refractivity (Wildman–Crippen MR) is 131 cm³/mol. The Morgan fingerprint density at radius 2 is 1.53 bits per heavy atom. The average Bonchev–Trinajstić information content (AvgIpc) is 2.79. The van der Waals surface area contributed by atoms with Crippen LogP contribution in [0.1, 0.15) is 5.56 Å². The van der Waals surface area contributed by atoms with Gasteiger partial charge in [0.05, 0.1) is 47.7 Å². The number of sulfonamides is 1. The molecule has 2 aliphatic heterocycles. The lowest BCUT2D eigenvalue weighted by Gasteiger charge is -2.44. The quantitative estimate of drug-likeness (QED) is 0.520. The number of hydrogen-bond acceptors (Lipinski definition) is 6. The third-order valence-corrected chi connectivity index (χ3v) is 7.92. The van der Waals surface area contributed by atoms with Gasteiger partial charge >= 0.3 is 0 Å². The molecule has 2 aliphatic rings. The van der Waals surface area contributed by atoms with Crippen LogP contribution in [0.25, 0.3) is 0 Å². The lowest BCUT2D eigenvalue weighted by atomic mass is 9.98. The third kappa shape index (κ3) is 4.37. The molecule has 0 unspecified atom stereocenters. The van der Waals surface area contributed by atoms with Gasteiger partial charge in [-0.1, -0.05) is 40.9 Å². The zero-order chi connectivity index (χ0) is 24.0. The second-order valence-electron chi connectivity index (χ2n) is 8.33. The van der Waals surface area contributed by atoms with Gasteiger partial charge < -0.3 is 19.5 Å². The van der Waals surface area contributed by atoms with Crippen molar-refractivity contribution in [3.8, 4) is 11.5 Å². The standard InChI is InChI=1S/C24H22Cl2N2O5S/c1-14-2-6-17(7-3-14)34(30,31)27-18-12-32-13-21(24(18)29)28-19-8-4-15(25)10-22(19)33-23-11-16(26)5-9-20(23)28/h2-11,18,21,24,27,29H,12-13H2,1H3/t18-,21+,24+/m1/s1. The van der Waals surface area contributed by atoms with Crippen molar-refractivity contribution in [1.82, 2.24) is 4.72 Å². The first kappa shape index (κ1) is 23.4. The molecule has 0 saturated carbocycles. The van der Waals surface area contributed by atoms with Gasteiger partial charge in [-0.2, -0.15) is 0 Å². The second-order valence-corrected chi connectivity index (χ2v) is 10.9. The average molecular weight is 521 g/mol. The minimum atomic E-state index is -3.86. The normalized spacial score (nSPS) is 22.0. The molecule has 178 valence electrons. The molecule has 0 aromatic heterocycles. The minimum Gasteiger partial charge on any atom is -0.453 e. The number of benzene rings is 3. The van der Waals surface area contributed by atoms with Gasteiger partial charge in [0.2, 0.25) is 10.0 Å². The van der Waals surface area contributed by atoms with Crippen molar-refractivity contribution in [2.45, 2.75) is 30.0 Å². The van der Waals surface area contributed by atoms with Gasteiger partial charge in [-0.05, 0) is 43.3 Å². The van der Waals surface area contributed by atoms with Gasteiger partial charge in [-0.3, -0.25) is 0 Å². The number of rotatable bonds is 4. The number of anilines is 2. The summed E-state index contributed by atoms with van der Waals surface area (Å²) < 4.78 is 40.4. The first-order chi connectivity index (χ1) is 16.2. The number of fused-ring (bicyclic) bond motifs is 2. The SMILES string of the molecule is Cc1ccc(S(=O)(=O)N[C@@H]2COC[C@H](N3c4ccc(Cl)cc4Oc4cc(Cl)ccc43)[C@H]2O)cc1. The van der Waals surface area contributed by atoms with Crippen LogP contribution in [-0.2, 0) is 14.8 Å². The zero-order valence-corrected chi connectivity index (χ0v) is 20.4. The molecule has 0 amide bonds. The van der Waals surface area contributed by atoms with Crippen LogP contribution >= 0.6 is 23.2 Å². The zero-order valence-electron chi connectivity index (χ0n) is 18.1. The summed E-state index contributed by atoms with van der Waals surface area (Å²) in [6.45, 7) is 2.09. The Kier molecular flexibility index (Phi) is 6.22. The van der Waals surface area contributed by atoms with E-state index in [1.54, 1.807) is 48.5 Å². The maximum Gasteiger partial charge on any atom is 0.240 e. The summed E-state index contributed by atoms with van der Waals surface area (Å²) in [7, 11) is -3.86. The van der Waals surface area contributed by atoms with Gasteiger partial charge in [0, 0.05) is 22.2 Å². The van der Waals surface area contributed by atoms with Crippen LogP contribution in [0.3, 0.4) is 0 Å². The summed E-state index contributed by atoms with van der Waals surface area (Å²) in [4.78, 5) is 2.01. The van der Waals surface area contributed by atoms with Gasteiger partial charge in [0.15, 0.2) is 11.5 Å². The first-order valence-electron chi connectivity index (χ1n) is 10.6. The Balaban J connectivity index is 1.49. The van der Waals surface area contributed by atoms with E-state index in [2.05, 4.69) is 4.72 Å². The summed E-state index contributed by atoms with van der Waals surface area (Å²) in [6, 6.07) is 15.5. The van der Waals surface area contributed by atoms with Crippen LogP contribution in [0.15, 0.2) is 65.6 Å². The van der Waals surface area contributed by atoms with E-state index in [-0.39, 0.29) is 18.1 Å². The van der Waals surface area contributed by atoms with Crippen LogP contribution < -0.4 is 14.4 Å². The molecule has 2 N–H and O–H groups in total. The molecule has 3 aromatic carbocycles. The van der Waals surface area contributed by atoms with E-state index < -0.39 is 28.2 Å². The van der Waals surface area contributed by atoms with Crippen molar-refractivity contribution in [2.75, 3.05) is 18.1 Å². The molecular weight excluding hydrogens is 499 g/mol. The Bertz CT molecular complexity index is 1280. The van der Waals surface area contributed by atoms with E-state index >= 15 is 0 Å². The van der Waals surface area contributed by atoms with E-state index in [1.807, 2.05) is 11.8 Å². The molecule has 1 saturated heterocycles. The van der Waals surface area contributed by atoms with Crippen LogP contribution in [0, 0.1) is 6.92 Å². The number of ether oxygens (including phenoxy) is 2. The molecule has 0 bridgehead atoms. The Hall–Kier alpha value is -2.33. The largest absolute Gasteiger partial charge is 0.453 e. The van der Waals surface area contributed by atoms with E-state index in [0.29, 0.717) is 32.9 Å². The predicted octanol–water partition coefficient (Wildman–Crippen LogP) is 4.65. The van der Waals surface area contributed by atoms with Crippen LogP contribution in [0.4, 0.5) is 11.4 Å². The fraction of sp³-hybridized carbons (Fsp3) is 0.250. The Morgan fingerprint density at radius 1 is 0.941 bits per heavy atom. The highest BCUT2D eigenvalue weighted by Crippen LogP contribution is 2.50. The van der Waals surface area contributed by atoms with E-state index in [4.69, 9.17) is 32.7 Å². The maximum absolute atomic E-state index is 13.0. The number of nitrogens with zero attached hydrogens (tertiary/aromatic N) is 1. The summed E-state index contributed by atoms with van der Waals surface area (Å²) in [5.74, 6) is 0.994. The molecule has 10 heteroatoms. The molecule has 3 atom stereocenters. The summed E-state index contributed by atoms with van der Waals surface area (Å²) in [6.07, 6.45) is -1.08. The molecule has 0 spiro atoms. The Morgan fingerprint density at radius 3 is 2.12 bits per heavy atom. The number of aliphatic hydroxyl groups excluding tert-OH is 1. The lowest BCUT2D eigenvalue weighted by Crippen LogP contribution is -2.60. The van der Waals surface area contributed by atoms with Crippen molar-refractivity contribution >= 4 is 44.6 Å². The molecule has 0 radical (unpaired) electrons. The molecule has 3 aromatic rings. The van der Waals surface area contributed by atoms with Gasteiger partial charge in [-0.15, -0.1) is 0 Å². The first-order valence-corrected chi connectivity index (χ1v) is 12.9. The van der Waals surface area contributed by atoms with E-state index in [0.717, 1.165) is 5.56 Å². The summed E-state index contributed by atoms with van der Waals surface area (Å²) in [5, 5.41) is 12.3. The molecule has 5 rings (SSSR count). The van der Waals surface area contributed by atoms with Crippen LogP contribution in [-0.4, -0.2) is 44.9 Å². The second kappa shape index (κ2) is 9.03. The molecular formula is C24H22Cl2N2O5S. The van der Waals surface area contributed by atoms with Crippen LogP contribution in [0.2, 0.25) is 10.0 Å². The van der Waals surface area contributed by atoms with Crippen molar-refractivity contribution in [3.63, 3.8) is 0 Å². The van der Waals surface area contributed by atoms with E-state index in [9.17, 15) is 13.5 Å². The number of halogens is 2. The Labute approximate surface area is 207 Å².